The van der Waals surface area contributed by atoms with E-state index in [1.54, 1.807) is 6.07 Å². The van der Waals surface area contributed by atoms with Crippen molar-refractivity contribution in [1.82, 2.24) is 14.5 Å². The van der Waals surface area contributed by atoms with Crippen LogP contribution in [0.3, 0.4) is 0 Å². The molecule has 3 heterocycles. The molecule has 0 radical (unpaired) electrons. The molecular formula is C33H23N3O2. The number of aromatic hydroxyl groups is 1. The van der Waals surface area contributed by atoms with Gasteiger partial charge in [0.05, 0.1) is 11.0 Å². The van der Waals surface area contributed by atoms with E-state index in [0.29, 0.717) is 23.1 Å². The van der Waals surface area contributed by atoms with Crippen molar-refractivity contribution >= 4 is 43.5 Å². The Balaban J connectivity index is 1.26. The summed E-state index contributed by atoms with van der Waals surface area (Å²) >= 11 is 0. The molecule has 1 aliphatic carbocycles. The first-order valence-corrected chi connectivity index (χ1v) is 12.9. The quantitative estimate of drug-likeness (QED) is 0.251. The molecule has 5 heteroatoms. The molecule has 0 amide bonds. The van der Waals surface area contributed by atoms with Gasteiger partial charge in [-0.3, -0.25) is 4.57 Å². The Morgan fingerprint density at radius 2 is 1.53 bits per heavy atom. The van der Waals surface area contributed by atoms with Gasteiger partial charge in [0.15, 0.2) is 0 Å². The second kappa shape index (κ2) is 8.05. The van der Waals surface area contributed by atoms with Gasteiger partial charge < -0.3 is 9.84 Å². The van der Waals surface area contributed by atoms with E-state index in [4.69, 9.17) is 9.72 Å². The molecule has 0 atom stereocenters. The van der Waals surface area contributed by atoms with Crippen molar-refractivity contribution in [2.75, 3.05) is 0 Å². The maximum atomic E-state index is 10.7. The van der Waals surface area contributed by atoms with Gasteiger partial charge in [-0.15, -0.1) is 0 Å². The Bertz CT molecular complexity index is 2040. The summed E-state index contributed by atoms with van der Waals surface area (Å²) in [5.74, 6) is 2.81. The van der Waals surface area contributed by atoms with E-state index in [9.17, 15) is 5.11 Å². The van der Waals surface area contributed by atoms with Crippen molar-refractivity contribution in [2.24, 2.45) is 0 Å². The van der Waals surface area contributed by atoms with Crippen LogP contribution in [-0.2, 0) is 0 Å². The predicted octanol–water partition coefficient (Wildman–Crippen LogP) is 8.26. The Kier molecular flexibility index (Phi) is 4.49. The van der Waals surface area contributed by atoms with Crippen LogP contribution >= 0.6 is 0 Å². The molecule has 38 heavy (non-hydrogen) atoms. The molecular weight excluding hydrogens is 470 g/mol. The summed E-state index contributed by atoms with van der Waals surface area (Å²) in [5.41, 5.74) is 4.01. The van der Waals surface area contributed by atoms with E-state index in [2.05, 4.69) is 52.0 Å². The number of hydrogen-bond donors (Lipinski definition) is 1. The van der Waals surface area contributed by atoms with Gasteiger partial charge >= 0.3 is 0 Å². The summed E-state index contributed by atoms with van der Waals surface area (Å²) in [6.45, 7) is 0. The lowest BCUT2D eigenvalue weighted by Crippen LogP contribution is -1.98. The fourth-order valence-electron chi connectivity index (χ4n) is 5.60. The van der Waals surface area contributed by atoms with Crippen molar-refractivity contribution in [3.05, 3.63) is 109 Å². The molecule has 5 nitrogen and oxygen atoms in total. The minimum Gasteiger partial charge on any atom is -0.506 e. The summed E-state index contributed by atoms with van der Waals surface area (Å²) in [7, 11) is 0. The van der Waals surface area contributed by atoms with E-state index < -0.39 is 0 Å². The van der Waals surface area contributed by atoms with Gasteiger partial charge in [0.25, 0.3) is 0 Å². The van der Waals surface area contributed by atoms with E-state index >= 15 is 0 Å². The molecule has 0 bridgehead atoms. The summed E-state index contributed by atoms with van der Waals surface area (Å²) in [5, 5.41) is 15.9. The predicted molar refractivity (Wildman–Crippen MR) is 152 cm³/mol. The van der Waals surface area contributed by atoms with Gasteiger partial charge in [0, 0.05) is 34.5 Å². The maximum Gasteiger partial charge on any atom is 0.219 e. The van der Waals surface area contributed by atoms with Crippen LogP contribution < -0.4 is 4.74 Å². The van der Waals surface area contributed by atoms with Crippen molar-refractivity contribution in [3.63, 3.8) is 0 Å². The van der Waals surface area contributed by atoms with Crippen LogP contribution in [0, 0.1) is 0 Å². The highest BCUT2D eigenvalue weighted by Crippen LogP contribution is 2.41. The molecule has 8 rings (SSSR count). The van der Waals surface area contributed by atoms with E-state index in [1.165, 1.54) is 23.8 Å². The summed E-state index contributed by atoms with van der Waals surface area (Å²) < 4.78 is 8.48. The molecule has 1 saturated carbocycles. The monoisotopic (exact) mass is 493 g/mol. The molecule has 0 aliphatic heterocycles. The summed E-state index contributed by atoms with van der Waals surface area (Å²) in [6, 6.07) is 32.4. The highest BCUT2D eigenvalue weighted by atomic mass is 16.5. The average molecular weight is 494 g/mol. The number of rotatable bonds is 4. The minimum atomic E-state index is 0.140. The second-order valence-corrected chi connectivity index (χ2v) is 10.0. The molecule has 3 aromatic heterocycles. The van der Waals surface area contributed by atoms with E-state index in [0.717, 1.165) is 38.4 Å². The van der Waals surface area contributed by atoms with Crippen molar-refractivity contribution < 1.29 is 9.84 Å². The molecule has 1 aliphatic rings. The number of fused-ring (bicyclic) bond motifs is 6. The zero-order chi connectivity index (χ0) is 25.2. The van der Waals surface area contributed by atoms with Gasteiger partial charge in [-0.1, -0.05) is 42.5 Å². The molecule has 7 aromatic rings. The highest BCUT2D eigenvalue weighted by Gasteiger charge is 2.24. The fraction of sp³-hybridized carbons (Fsp3) is 0.0909. The zero-order valence-electron chi connectivity index (χ0n) is 20.5. The fourth-order valence-corrected chi connectivity index (χ4v) is 5.60. The second-order valence-electron chi connectivity index (χ2n) is 10.0. The Labute approximate surface area is 218 Å². The van der Waals surface area contributed by atoms with Crippen LogP contribution in [0.2, 0.25) is 0 Å². The SMILES string of the molecule is Oc1cc2ccccc2c2ccc(Oc3ccc4c5ccccc5n(-c5cc(C6CC6)ccn5)c4c3)nc12. The third-order valence-corrected chi connectivity index (χ3v) is 7.57. The first-order chi connectivity index (χ1) is 18.7. The first kappa shape index (κ1) is 21.2. The van der Waals surface area contributed by atoms with Crippen LogP contribution in [0.25, 0.3) is 49.3 Å². The zero-order valence-corrected chi connectivity index (χ0v) is 20.5. The molecule has 0 saturated heterocycles. The van der Waals surface area contributed by atoms with Crippen LogP contribution in [0.5, 0.6) is 17.4 Å². The Morgan fingerprint density at radius 3 is 2.42 bits per heavy atom. The lowest BCUT2D eigenvalue weighted by Gasteiger charge is -2.11. The molecule has 1 N–H and O–H groups in total. The Hall–Kier alpha value is -4.90. The topological polar surface area (TPSA) is 60.2 Å². The lowest BCUT2D eigenvalue weighted by atomic mass is 10.0. The first-order valence-electron chi connectivity index (χ1n) is 12.9. The molecule has 0 spiro atoms. The van der Waals surface area contributed by atoms with Gasteiger partial charge in [0.2, 0.25) is 5.88 Å². The largest absolute Gasteiger partial charge is 0.506 e. The number of aromatic nitrogens is 3. The molecule has 182 valence electrons. The van der Waals surface area contributed by atoms with E-state index in [1.807, 2.05) is 54.7 Å². The molecule has 4 aromatic carbocycles. The van der Waals surface area contributed by atoms with Crippen molar-refractivity contribution in [1.29, 1.82) is 0 Å². The van der Waals surface area contributed by atoms with Crippen molar-refractivity contribution in [2.45, 2.75) is 18.8 Å². The van der Waals surface area contributed by atoms with Crippen LogP contribution in [-0.4, -0.2) is 19.6 Å². The number of pyridine rings is 2. The number of nitrogens with zero attached hydrogens (tertiary/aromatic N) is 3. The van der Waals surface area contributed by atoms with Crippen molar-refractivity contribution in [3.8, 4) is 23.2 Å². The van der Waals surface area contributed by atoms with Crippen LogP contribution in [0.15, 0.2) is 103 Å². The average Bonchev–Trinajstić information content (AvgIpc) is 3.75. The normalized spacial score (nSPS) is 13.6. The molecule has 0 unspecified atom stereocenters. The van der Waals surface area contributed by atoms with Gasteiger partial charge in [-0.05, 0) is 77.6 Å². The van der Waals surface area contributed by atoms with Gasteiger partial charge in [-0.25, -0.2) is 9.97 Å². The highest BCUT2D eigenvalue weighted by molar-refractivity contribution is 6.10. The number of para-hydroxylation sites is 1. The van der Waals surface area contributed by atoms with E-state index in [-0.39, 0.29) is 5.75 Å². The molecule has 1 fully saturated rings. The number of hydrogen-bond acceptors (Lipinski definition) is 4. The smallest absolute Gasteiger partial charge is 0.219 e. The van der Waals surface area contributed by atoms with Gasteiger partial charge in [0.1, 0.15) is 22.8 Å². The number of phenols is 1. The third-order valence-electron chi connectivity index (χ3n) is 7.57. The Morgan fingerprint density at radius 1 is 0.737 bits per heavy atom. The lowest BCUT2D eigenvalue weighted by molar-refractivity contribution is 0.460. The minimum absolute atomic E-state index is 0.140. The standard InChI is InChI=1S/C33H23N3O2/c37-30-17-22-5-1-2-6-24(22)27-13-14-32(35-33(27)30)38-23-11-12-26-25-7-3-4-8-28(25)36(29(26)19-23)31-18-21(15-16-34-31)20-9-10-20/h1-8,11-20,37H,9-10H2. The summed E-state index contributed by atoms with van der Waals surface area (Å²) in [4.78, 5) is 9.43. The van der Waals surface area contributed by atoms with Gasteiger partial charge in [-0.2, -0.15) is 0 Å². The number of ether oxygens (including phenoxy) is 1. The number of benzene rings is 4. The maximum absolute atomic E-state index is 10.7. The van der Waals surface area contributed by atoms with Crippen LogP contribution in [0.1, 0.15) is 24.3 Å². The number of phenolic OH excluding ortho intramolecular Hbond substituents is 1. The summed E-state index contributed by atoms with van der Waals surface area (Å²) in [6.07, 6.45) is 4.41. The third kappa shape index (κ3) is 3.32. The van der Waals surface area contributed by atoms with Crippen LogP contribution in [0.4, 0.5) is 0 Å².